The lowest BCUT2D eigenvalue weighted by atomic mass is 9.95. The van der Waals surface area contributed by atoms with Crippen molar-refractivity contribution in [3.8, 4) is 0 Å². The molecule has 1 aliphatic heterocycles. The molecule has 30 heavy (non-hydrogen) atoms. The molecular weight excluding hydrogens is 407 g/mol. The fraction of sp³-hybridized carbons (Fsp3) is 0.364. The van der Waals surface area contributed by atoms with Crippen LogP contribution in [0.25, 0.3) is 0 Å². The summed E-state index contributed by atoms with van der Waals surface area (Å²) in [5.74, 6) is -0.634. The third kappa shape index (κ3) is 6.52. The van der Waals surface area contributed by atoms with E-state index in [9.17, 15) is 14.0 Å². The molecule has 162 valence electrons. The second-order valence-corrected chi connectivity index (χ2v) is 7.49. The van der Waals surface area contributed by atoms with Crippen molar-refractivity contribution >= 4 is 24.2 Å². The van der Waals surface area contributed by atoms with Gasteiger partial charge in [0.15, 0.2) is 0 Å². The van der Waals surface area contributed by atoms with Gasteiger partial charge in [-0.3, -0.25) is 14.5 Å². The number of carbonyl (C=O) groups is 2. The second-order valence-electron chi connectivity index (χ2n) is 7.49. The molecule has 6 nitrogen and oxygen atoms in total. The third-order valence-electron chi connectivity index (χ3n) is 5.23. The van der Waals surface area contributed by atoms with Gasteiger partial charge in [0.2, 0.25) is 11.8 Å². The summed E-state index contributed by atoms with van der Waals surface area (Å²) in [6.45, 7) is 3.26. The van der Waals surface area contributed by atoms with Crippen LogP contribution in [0.15, 0.2) is 54.6 Å². The first kappa shape index (κ1) is 23.8. The number of carbonyl (C=O) groups excluding carboxylic acids is 2. The number of nitrogens with one attached hydrogen (secondary N) is 2. The molecule has 0 spiro atoms. The Labute approximate surface area is 182 Å². The molecule has 3 rings (SSSR count). The lowest BCUT2D eigenvalue weighted by molar-refractivity contribution is -0.126. The van der Waals surface area contributed by atoms with E-state index in [2.05, 4.69) is 22.8 Å². The number of nitrogens with two attached hydrogens (primary N) is 1. The zero-order valence-corrected chi connectivity index (χ0v) is 17.7. The van der Waals surface area contributed by atoms with Crippen LogP contribution in [0.4, 0.5) is 4.39 Å². The van der Waals surface area contributed by atoms with Crippen LogP contribution in [-0.2, 0) is 9.59 Å². The Morgan fingerprint density at radius 3 is 2.43 bits per heavy atom. The Kier molecular flexibility index (Phi) is 8.77. The number of likely N-dealkylation sites (tertiary alicyclic amines) is 1. The number of rotatable bonds is 7. The van der Waals surface area contributed by atoms with E-state index in [4.69, 9.17) is 5.73 Å². The first-order valence-corrected chi connectivity index (χ1v) is 9.77. The van der Waals surface area contributed by atoms with Crippen molar-refractivity contribution in [2.75, 3.05) is 26.2 Å². The molecular formula is C22H28ClFN4O2. The van der Waals surface area contributed by atoms with E-state index in [-0.39, 0.29) is 61.1 Å². The van der Waals surface area contributed by atoms with Gasteiger partial charge in [0.25, 0.3) is 0 Å². The number of nitrogens with zero attached hydrogens (tertiary/aromatic N) is 1. The fourth-order valence-electron chi connectivity index (χ4n) is 3.66. The molecule has 0 saturated carbocycles. The molecule has 2 aromatic carbocycles. The van der Waals surface area contributed by atoms with Crippen molar-refractivity contribution < 1.29 is 14.0 Å². The molecule has 4 N–H and O–H groups in total. The average molecular weight is 435 g/mol. The van der Waals surface area contributed by atoms with Gasteiger partial charge in [-0.15, -0.1) is 12.4 Å². The summed E-state index contributed by atoms with van der Waals surface area (Å²) in [5.41, 5.74) is 8.23. The molecule has 2 aromatic rings. The molecule has 1 fully saturated rings. The standard InChI is InChI=1S/C22H27FN4O2.ClH/c1-15(16-7-9-18(23)10-8-16)26-21(28)11-25-22(29)14-27-12-19(20(24)13-27)17-5-3-2-4-6-17;/h2-10,15,19-20H,11-14,24H2,1H3,(H,25,29)(H,26,28);1H/t15?,19-,20+;/m0./s1. The maximum Gasteiger partial charge on any atom is 0.239 e. The van der Waals surface area contributed by atoms with Crippen LogP contribution in [-0.4, -0.2) is 48.9 Å². The highest BCUT2D eigenvalue weighted by atomic mass is 35.5. The molecule has 1 aliphatic rings. The minimum absolute atomic E-state index is 0. The number of benzene rings is 2. The summed E-state index contributed by atoms with van der Waals surface area (Å²) < 4.78 is 13.0. The maximum absolute atomic E-state index is 13.0. The van der Waals surface area contributed by atoms with E-state index in [1.54, 1.807) is 12.1 Å². The molecule has 0 aliphatic carbocycles. The zero-order valence-electron chi connectivity index (χ0n) is 16.9. The Balaban J connectivity index is 0.00000320. The number of halogens is 2. The Morgan fingerprint density at radius 1 is 1.10 bits per heavy atom. The lowest BCUT2D eigenvalue weighted by Gasteiger charge is -2.17. The molecule has 0 bridgehead atoms. The smallest absolute Gasteiger partial charge is 0.239 e. The van der Waals surface area contributed by atoms with Gasteiger partial charge >= 0.3 is 0 Å². The molecule has 0 aromatic heterocycles. The highest BCUT2D eigenvalue weighted by Gasteiger charge is 2.32. The van der Waals surface area contributed by atoms with E-state index in [1.165, 1.54) is 17.7 Å². The molecule has 1 unspecified atom stereocenters. The summed E-state index contributed by atoms with van der Waals surface area (Å²) in [5, 5.41) is 5.44. The molecule has 1 heterocycles. The quantitative estimate of drug-likeness (QED) is 0.621. The van der Waals surface area contributed by atoms with E-state index in [1.807, 2.05) is 30.0 Å². The summed E-state index contributed by atoms with van der Waals surface area (Å²) in [4.78, 5) is 26.3. The fourth-order valence-corrected chi connectivity index (χ4v) is 3.66. The van der Waals surface area contributed by atoms with Crippen LogP contribution in [0.3, 0.4) is 0 Å². The Morgan fingerprint density at radius 2 is 1.77 bits per heavy atom. The zero-order chi connectivity index (χ0) is 20.8. The average Bonchev–Trinajstić information content (AvgIpc) is 3.07. The lowest BCUT2D eigenvalue weighted by Crippen LogP contribution is -2.42. The van der Waals surface area contributed by atoms with Gasteiger partial charge < -0.3 is 16.4 Å². The van der Waals surface area contributed by atoms with Crippen LogP contribution < -0.4 is 16.4 Å². The van der Waals surface area contributed by atoms with E-state index in [0.717, 1.165) is 5.56 Å². The monoisotopic (exact) mass is 434 g/mol. The first-order chi connectivity index (χ1) is 13.9. The van der Waals surface area contributed by atoms with Crippen molar-refractivity contribution in [3.05, 3.63) is 71.5 Å². The van der Waals surface area contributed by atoms with Crippen LogP contribution in [0.2, 0.25) is 0 Å². The largest absolute Gasteiger partial charge is 0.348 e. The number of amides is 2. The third-order valence-corrected chi connectivity index (χ3v) is 5.23. The van der Waals surface area contributed by atoms with Crippen LogP contribution in [0, 0.1) is 5.82 Å². The molecule has 1 saturated heterocycles. The van der Waals surface area contributed by atoms with Crippen molar-refractivity contribution in [2.45, 2.75) is 24.9 Å². The normalized spacial score (nSPS) is 19.6. The van der Waals surface area contributed by atoms with E-state index < -0.39 is 0 Å². The molecule has 2 amide bonds. The van der Waals surface area contributed by atoms with E-state index in [0.29, 0.717) is 13.1 Å². The first-order valence-electron chi connectivity index (χ1n) is 9.77. The van der Waals surface area contributed by atoms with Gasteiger partial charge in [-0.1, -0.05) is 42.5 Å². The minimum atomic E-state index is -0.323. The molecule has 8 heteroatoms. The van der Waals surface area contributed by atoms with Gasteiger partial charge in [-0.25, -0.2) is 4.39 Å². The molecule has 0 radical (unpaired) electrons. The van der Waals surface area contributed by atoms with E-state index >= 15 is 0 Å². The predicted octanol–water partition coefficient (Wildman–Crippen LogP) is 1.97. The van der Waals surface area contributed by atoms with Gasteiger partial charge in [-0.05, 0) is 30.2 Å². The van der Waals surface area contributed by atoms with Crippen molar-refractivity contribution in [1.29, 1.82) is 0 Å². The highest BCUT2D eigenvalue weighted by Crippen LogP contribution is 2.25. The minimum Gasteiger partial charge on any atom is -0.348 e. The maximum atomic E-state index is 13.0. The summed E-state index contributed by atoms with van der Waals surface area (Å²) in [6, 6.07) is 15.7. The Bertz CT molecular complexity index is 835. The topological polar surface area (TPSA) is 87.5 Å². The van der Waals surface area contributed by atoms with Gasteiger partial charge in [0.05, 0.1) is 19.1 Å². The SMILES string of the molecule is CC(NC(=O)CNC(=O)CN1C[C@@H](N)[C@H](c2ccccc2)C1)c1ccc(F)cc1.Cl. The van der Waals surface area contributed by atoms with Crippen LogP contribution in [0.1, 0.15) is 30.0 Å². The summed E-state index contributed by atoms with van der Waals surface area (Å²) in [7, 11) is 0. The van der Waals surface area contributed by atoms with Crippen molar-refractivity contribution in [1.82, 2.24) is 15.5 Å². The number of hydrogen-bond acceptors (Lipinski definition) is 4. The van der Waals surface area contributed by atoms with Gasteiger partial charge in [0, 0.05) is 25.0 Å². The van der Waals surface area contributed by atoms with Crippen LogP contribution in [0.5, 0.6) is 0 Å². The molecule has 3 atom stereocenters. The van der Waals surface area contributed by atoms with Crippen LogP contribution >= 0.6 is 12.4 Å². The van der Waals surface area contributed by atoms with Crippen molar-refractivity contribution in [2.24, 2.45) is 5.73 Å². The summed E-state index contributed by atoms with van der Waals surface area (Å²) in [6.07, 6.45) is 0. The van der Waals surface area contributed by atoms with Gasteiger partial charge in [-0.2, -0.15) is 0 Å². The second kappa shape index (κ2) is 11.1. The van der Waals surface area contributed by atoms with Gasteiger partial charge in [0.1, 0.15) is 5.82 Å². The highest BCUT2D eigenvalue weighted by molar-refractivity contribution is 5.86. The summed E-state index contributed by atoms with van der Waals surface area (Å²) >= 11 is 0. The Hall–Kier alpha value is -2.48. The predicted molar refractivity (Wildman–Crippen MR) is 117 cm³/mol. The number of hydrogen-bond donors (Lipinski definition) is 3. The van der Waals surface area contributed by atoms with Crippen molar-refractivity contribution in [3.63, 3.8) is 0 Å².